The van der Waals surface area contributed by atoms with Crippen molar-refractivity contribution in [3.63, 3.8) is 0 Å². The molecule has 1 aliphatic rings. The fourth-order valence-electron chi connectivity index (χ4n) is 2.66. The fourth-order valence-corrected chi connectivity index (χ4v) is 2.87. The Kier molecular flexibility index (Phi) is 3.58. The van der Waals surface area contributed by atoms with E-state index in [1.807, 2.05) is 13.0 Å². The first-order valence-electron chi connectivity index (χ1n) is 7.06. The van der Waals surface area contributed by atoms with E-state index < -0.39 is 0 Å². The summed E-state index contributed by atoms with van der Waals surface area (Å²) in [7, 11) is 0. The van der Waals surface area contributed by atoms with Gasteiger partial charge < -0.3 is 9.88 Å². The summed E-state index contributed by atoms with van der Waals surface area (Å²) in [6.07, 6.45) is 1.83. The zero-order valence-electron chi connectivity index (χ0n) is 12.7. The first-order valence-corrected chi connectivity index (χ1v) is 7.46. The molecule has 0 aliphatic carbocycles. The Morgan fingerprint density at radius 3 is 2.36 bits per heavy atom. The van der Waals surface area contributed by atoms with Gasteiger partial charge in [-0.1, -0.05) is 17.7 Å². The molecule has 0 saturated carbocycles. The Morgan fingerprint density at radius 1 is 1.09 bits per heavy atom. The van der Waals surface area contributed by atoms with Crippen LogP contribution in [0.4, 0.5) is 0 Å². The predicted molar refractivity (Wildman–Crippen MR) is 91.8 cm³/mol. The highest BCUT2D eigenvalue weighted by Gasteiger charge is 2.21. The Bertz CT molecular complexity index is 800. The maximum absolute atomic E-state index is 11.8. The summed E-state index contributed by atoms with van der Waals surface area (Å²) in [5, 5.41) is 5.80. The molecule has 1 saturated heterocycles. The molecule has 4 nitrogen and oxygen atoms in total. The van der Waals surface area contributed by atoms with Crippen molar-refractivity contribution in [2.45, 2.75) is 20.8 Å². The first kappa shape index (κ1) is 14.5. The average Bonchev–Trinajstić information content (AvgIpc) is 2.92. The molecule has 3 rings (SSSR count). The van der Waals surface area contributed by atoms with Gasteiger partial charge in [-0.05, 0) is 62.8 Å². The van der Waals surface area contributed by atoms with Crippen LogP contribution in [0.15, 0.2) is 36.0 Å². The second-order valence-corrected chi connectivity index (χ2v) is 5.87. The molecule has 22 heavy (non-hydrogen) atoms. The van der Waals surface area contributed by atoms with Crippen LogP contribution >= 0.6 is 12.2 Å². The van der Waals surface area contributed by atoms with Crippen LogP contribution in [0, 0.1) is 20.8 Å². The number of carbonyl (C=O) groups is 1. The van der Waals surface area contributed by atoms with Gasteiger partial charge in [0.1, 0.15) is 5.70 Å². The second kappa shape index (κ2) is 5.42. The van der Waals surface area contributed by atoms with Crippen LogP contribution in [-0.4, -0.2) is 15.6 Å². The quantitative estimate of drug-likeness (QED) is 0.662. The van der Waals surface area contributed by atoms with Crippen molar-refractivity contribution in [2.24, 2.45) is 0 Å². The molecule has 2 aromatic rings. The molecule has 1 aromatic carbocycles. The summed E-state index contributed by atoms with van der Waals surface area (Å²) in [5.41, 5.74) is 6.03. The van der Waals surface area contributed by atoms with Crippen LogP contribution in [0.2, 0.25) is 0 Å². The third-order valence-electron chi connectivity index (χ3n) is 3.78. The Morgan fingerprint density at radius 2 is 1.77 bits per heavy atom. The van der Waals surface area contributed by atoms with E-state index in [0.717, 1.165) is 22.6 Å². The van der Waals surface area contributed by atoms with E-state index >= 15 is 0 Å². The van der Waals surface area contributed by atoms with Crippen molar-refractivity contribution < 1.29 is 4.79 Å². The third kappa shape index (κ3) is 2.55. The van der Waals surface area contributed by atoms with Gasteiger partial charge >= 0.3 is 0 Å². The number of carbonyl (C=O) groups excluding carboxylic acids is 1. The van der Waals surface area contributed by atoms with Crippen LogP contribution in [-0.2, 0) is 4.79 Å². The van der Waals surface area contributed by atoms with Crippen molar-refractivity contribution in [3.05, 3.63) is 58.5 Å². The molecular formula is C17H17N3OS. The summed E-state index contributed by atoms with van der Waals surface area (Å²) in [4.78, 5) is 11.8. The summed E-state index contributed by atoms with van der Waals surface area (Å²) < 4.78 is 2.18. The minimum atomic E-state index is -0.190. The summed E-state index contributed by atoms with van der Waals surface area (Å²) in [6, 6.07) is 10.5. The zero-order chi connectivity index (χ0) is 15.9. The largest absolute Gasteiger partial charge is 0.328 e. The molecule has 0 spiro atoms. The van der Waals surface area contributed by atoms with E-state index in [4.69, 9.17) is 12.2 Å². The SMILES string of the molecule is Cc1ccc(-n2c(C)cc(C=C3NC(=S)NC3=O)c2C)cc1. The van der Waals surface area contributed by atoms with Crippen LogP contribution in [0.3, 0.4) is 0 Å². The van der Waals surface area contributed by atoms with Gasteiger partial charge in [-0.25, -0.2) is 0 Å². The molecular weight excluding hydrogens is 294 g/mol. The van der Waals surface area contributed by atoms with Gasteiger partial charge in [0, 0.05) is 17.1 Å². The smallest absolute Gasteiger partial charge is 0.273 e. The topological polar surface area (TPSA) is 46.1 Å². The second-order valence-electron chi connectivity index (χ2n) is 5.46. The highest BCUT2D eigenvalue weighted by Crippen LogP contribution is 2.23. The third-order valence-corrected chi connectivity index (χ3v) is 3.99. The molecule has 112 valence electrons. The summed E-state index contributed by atoms with van der Waals surface area (Å²) >= 11 is 4.95. The number of hydrogen-bond donors (Lipinski definition) is 2. The lowest BCUT2D eigenvalue weighted by Crippen LogP contribution is -2.21. The first-order chi connectivity index (χ1) is 10.5. The molecule has 2 heterocycles. The van der Waals surface area contributed by atoms with Crippen molar-refractivity contribution in [1.82, 2.24) is 15.2 Å². The molecule has 5 heteroatoms. The van der Waals surface area contributed by atoms with E-state index in [9.17, 15) is 4.79 Å². The number of rotatable bonds is 2. The Labute approximate surface area is 134 Å². The van der Waals surface area contributed by atoms with Crippen molar-refractivity contribution >= 4 is 29.3 Å². The highest BCUT2D eigenvalue weighted by molar-refractivity contribution is 7.80. The predicted octanol–water partition coefficient (Wildman–Crippen LogP) is 2.75. The molecule has 2 N–H and O–H groups in total. The van der Waals surface area contributed by atoms with Crippen LogP contribution in [0.25, 0.3) is 11.8 Å². The molecule has 0 bridgehead atoms. The highest BCUT2D eigenvalue weighted by atomic mass is 32.1. The van der Waals surface area contributed by atoms with Crippen LogP contribution in [0.5, 0.6) is 0 Å². The van der Waals surface area contributed by atoms with Crippen LogP contribution in [0.1, 0.15) is 22.5 Å². The normalized spacial score (nSPS) is 16.0. The van der Waals surface area contributed by atoms with E-state index in [2.05, 4.69) is 59.4 Å². The molecule has 0 atom stereocenters. The Balaban J connectivity index is 2.04. The number of hydrogen-bond acceptors (Lipinski definition) is 2. The maximum atomic E-state index is 11.8. The van der Waals surface area contributed by atoms with Gasteiger partial charge in [0.25, 0.3) is 5.91 Å². The number of aryl methyl sites for hydroxylation is 2. The van der Waals surface area contributed by atoms with Gasteiger partial charge in [0.05, 0.1) is 0 Å². The van der Waals surface area contributed by atoms with Gasteiger partial charge in [-0.2, -0.15) is 0 Å². The molecule has 1 aromatic heterocycles. The van der Waals surface area contributed by atoms with Crippen molar-refractivity contribution in [3.8, 4) is 5.69 Å². The number of amides is 1. The van der Waals surface area contributed by atoms with Gasteiger partial charge in [0.2, 0.25) is 0 Å². The number of nitrogens with one attached hydrogen (secondary N) is 2. The number of benzene rings is 1. The van der Waals surface area contributed by atoms with Crippen LogP contribution < -0.4 is 10.6 Å². The standard InChI is InChI=1S/C17H17N3OS/c1-10-4-6-14(7-5-10)20-11(2)8-13(12(20)3)9-15-16(21)19-17(22)18-15/h4-9H,1-3H3,(H2,18,19,21,22). The van der Waals surface area contributed by atoms with E-state index in [1.165, 1.54) is 5.56 Å². The summed E-state index contributed by atoms with van der Waals surface area (Å²) in [6.45, 7) is 6.17. The van der Waals surface area contributed by atoms with Crippen molar-refractivity contribution in [2.75, 3.05) is 0 Å². The van der Waals surface area contributed by atoms with E-state index in [-0.39, 0.29) is 5.91 Å². The average molecular weight is 311 g/mol. The summed E-state index contributed by atoms with van der Waals surface area (Å²) in [5.74, 6) is -0.190. The van der Waals surface area contributed by atoms with Gasteiger partial charge in [-0.15, -0.1) is 0 Å². The van der Waals surface area contributed by atoms with Gasteiger partial charge in [0.15, 0.2) is 5.11 Å². The van der Waals surface area contributed by atoms with E-state index in [0.29, 0.717) is 10.8 Å². The lowest BCUT2D eigenvalue weighted by Gasteiger charge is -2.10. The van der Waals surface area contributed by atoms with Crippen molar-refractivity contribution in [1.29, 1.82) is 0 Å². The molecule has 1 fully saturated rings. The number of aromatic nitrogens is 1. The lowest BCUT2D eigenvalue weighted by atomic mass is 10.2. The minimum absolute atomic E-state index is 0.190. The molecule has 1 aliphatic heterocycles. The molecule has 0 unspecified atom stereocenters. The Hall–Kier alpha value is -2.40. The monoisotopic (exact) mass is 311 g/mol. The number of thiocarbonyl (C=S) groups is 1. The fraction of sp³-hybridized carbons (Fsp3) is 0.176. The molecule has 0 radical (unpaired) electrons. The maximum Gasteiger partial charge on any atom is 0.273 e. The van der Waals surface area contributed by atoms with Gasteiger partial charge in [-0.3, -0.25) is 10.1 Å². The minimum Gasteiger partial charge on any atom is -0.328 e. The number of nitrogens with zero attached hydrogens (tertiary/aromatic N) is 1. The zero-order valence-corrected chi connectivity index (χ0v) is 13.5. The van der Waals surface area contributed by atoms with E-state index in [1.54, 1.807) is 0 Å². The lowest BCUT2D eigenvalue weighted by molar-refractivity contribution is -0.115. The molecule has 1 amide bonds.